The summed E-state index contributed by atoms with van der Waals surface area (Å²) in [7, 11) is 0. The Morgan fingerprint density at radius 3 is 2.28 bits per heavy atom. The Morgan fingerprint density at radius 1 is 1.00 bits per heavy atom. The lowest BCUT2D eigenvalue weighted by molar-refractivity contribution is 0.240. The Labute approximate surface area is 172 Å². The van der Waals surface area contributed by atoms with Gasteiger partial charge in [0.15, 0.2) is 0 Å². The number of piperazine rings is 1. The number of urea groups is 1. The molecule has 156 valence electrons. The van der Waals surface area contributed by atoms with Gasteiger partial charge in [0.05, 0.1) is 5.69 Å². The fraction of sp³-hybridized carbons (Fsp3) is 0.435. The molecule has 1 heterocycles. The molecule has 0 unspecified atom stereocenters. The number of hydrogen-bond acceptors (Lipinski definition) is 3. The van der Waals surface area contributed by atoms with Crippen molar-refractivity contribution in [3.05, 3.63) is 59.9 Å². The van der Waals surface area contributed by atoms with Gasteiger partial charge in [-0.15, -0.1) is 0 Å². The van der Waals surface area contributed by atoms with Crippen LogP contribution in [0.2, 0.25) is 0 Å². The van der Waals surface area contributed by atoms with Crippen LogP contribution in [0.1, 0.15) is 26.3 Å². The van der Waals surface area contributed by atoms with Crippen molar-refractivity contribution in [2.45, 2.75) is 26.2 Å². The molecule has 0 radical (unpaired) electrons. The summed E-state index contributed by atoms with van der Waals surface area (Å²) in [5.74, 6) is -0.171. The first kappa shape index (κ1) is 21.1. The second-order valence-corrected chi connectivity index (χ2v) is 8.49. The standard InChI is InChI=1S/C23H31FN4O/c1-23(2,3)18-8-10-19(11-9-18)26-22(29)25-12-13-27-14-16-28(17-15-27)21-7-5-4-6-20(21)24/h4-11H,12-17H2,1-3H3,(H2,25,26,29). The number of carbonyl (C=O) groups excluding carboxylic acids is 1. The first-order valence-electron chi connectivity index (χ1n) is 10.2. The van der Waals surface area contributed by atoms with Crippen molar-refractivity contribution in [2.75, 3.05) is 49.5 Å². The normalized spacial score (nSPS) is 15.2. The van der Waals surface area contributed by atoms with Crippen molar-refractivity contribution >= 4 is 17.4 Å². The lowest BCUT2D eigenvalue weighted by Crippen LogP contribution is -2.49. The highest BCUT2D eigenvalue weighted by Gasteiger charge is 2.19. The molecule has 1 aliphatic rings. The molecular formula is C23H31FN4O. The maximum Gasteiger partial charge on any atom is 0.319 e. The van der Waals surface area contributed by atoms with Gasteiger partial charge in [0.25, 0.3) is 0 Å². The number of para-hydroxylation sites is 1. The lowest BCUT2D eigenvalue weighted by atomic mass is 9.87. The SMILES string of the molecule is CC(C)(C)c1ccc(NC(=O)NCCN2CCN(c3ccccc3F)CC2)cc1. The van der Waals surface area contributed by atoms with E-state index in [9.17, 15) is 9.18 Å². The van der Waals surface area contributed by atoms with Crippen molar-refractivity contribution < 1.29 is 9.18 Å². The molecule has 1 fully saturated rings. The minimum Gasteiger partial charge on any atom is -0.367 e. The number of benzene rings is 2. The largest absolute Gasteiger partial charge is 0.367 e. The maximum absolute atomic E-state index is 13.9. The van der Waals surface area contributed by atoms with Crippen LogP contribution < -0.4 is 15.5 Å². The fourth-order valence-corrected chi connectivity index (χ4v) is 3.48. The zero-order chi connectivity index (χ0) is 20.9. The molecular weight excluding hydrogens is 367 g/mol. The third-order valence-corrected chi connectivity index (χ3v) is 5.29. The molecule has 2 amide bonds. The molecule has 0 aliphatic carbocycles. The second-order valence-electron chi connectivity index (χ2n) is 8.49. The predicted molar refractivity (Wildman–Crippen MR) is 117 cm³/mol. The number of halogens is 1. The number of rotatable bonds is 5. The summed E-state index contributed by atoms with van der Waals surface area (Å²) in [5, 5.41) is 5.78. The van der Waals surface area contributed by atoms with Crippen LogP contribution >= 0.6 is 0 Å². The highest BCUT2D eigenvalue weighted by Crippen LogP contribution is 2.23. The minimum atomic E-state index is -0.196. The summed E-state index contributed by atoms with van der Waals surface area (Å²) >= 11 is 0. The van der Waals surface area contributed by atoms with Gasteiger partial charge in [0.2, 0.25) is 0 Å². The van der Waals surface area contributed by atoms with E-state index < -0.39 is 0 Å². The molecule has 0 saturated carbocycles. The Kier molecular flexibility index (Phi) is 6.75. The van der Waals surface area contributed by atoms with Crippen molar-refractivity contribution in [2.24, 2.45) is 0 Å². The van der Waals surface area contributed by atoms with E-state index in [0.717, 1.165) is 38.4 Å². The van der Waals surface area contributed by atoms with Gasteiger partial charge in [-0.1, -0.05) is 45.0 Å². The molecule has 2 N–H and O–H groups in total. The monoisotopic (exact) mass is 398 g/mol. The summed E-state index contributed by atoms with van der Waals surface area (Å²) < 4.78 is 13.9. The van der Waals surface area contributed by atoms with E-state index in [1.165, 1.54) is 11.6 Å². The fourth-order valence-electron chi connectivity index (χ4n) is 3.48. The van der Waals surface area contributed by atoms with Crippen LogP contribution in [0.15, 0.2) is 48.5 Å². The highest BCUT2D eigenvalue weighted by molar-refractivity contribution is 5.89. The van der Waals surface area contributed by atoms with Crippen molar-refractivity contribution in [3.63, 3.8) is 0 Å². The number of anilines is 2. The van der Waals surface area contributed by atoms with Gasteiger partial charge in [-0.25, -0.2) is 9.18 Å². The van der Waals surface area contributed by atoms with E-state index in [4.69, 9.17) is 0 Å². The van der Waals surface area contributed by atoms with E-state index in [0.29, 0.717) is 12.2 Å². The van der Waals surface area contributed by atoms with Gasteiger partial charge in [-0.2, -0.15) is 0 Å². The number of amides is 2. The average Bonchev–Trinajstić information content (AvgIpc) is 2.69. The zero-order valence-corrected chi connectivity index (χ0v) is 17.5. The summed E-state index contributed by atoms with van der Waals surface area (Å²) in [6.45, 7) is 11.1. The van der Waals surface area contributed by atoms with E-state index >= 15 is 0 Å². The van der Waals surface area contributed by atoms with E-state index in [2.05, 4.69) is 41.2 Å². The molecule has 0 atom stereocenters. The third kappa shape index (κ3) is 5.94. The van der Waals surface area contributed by atoms with Gasteiger partial charge >= 0.3 is 6.03 Å². The van der Waals surface area contributed by atoms with Gasteiger partial charge < -0.3 is 15.5 Å². The van der Waals surface area contributed by atoms with Crippen LogP contribution in [0.3, 0.4) is 0 Å². The highest BCUT2D eigenvalue weighted by atomic mass is 19.1. The molecule has 0 aromatic heterocycles. The van der Waals surface area contributed by atoms with Gasteiger partial charge in [-0.05, 0) is 35.2 Å². The Hall–Kier alpha value is -2.60. The third-order valence-electron chi connectivity index (χ3n) is 5.29. The van der Waals surface area contributed by atoms with Gasteiger partial charge in [0, 0.05) is 45.0 Å². The maximum atomic E-state index is 13.9. The smallest absolute Gasteiger partial charge is 0.319 e. The van der Waals surface area contributed by atoms with Crippen molar-refractivity contribution in [1.82, 2.24) is 10.2 Å². The molecule has 3 rings (SSSR count). The van der Waals surface area contributed by atoms with Crippen LogP contribution in [0.5, 0.6) is 0 Å². The molecule has 29 heavy (non-hydrogen) atoms. The van der Waals surface area contributed by atoms with Crippen LogP contribution in [-0.2, 0) is 5.41 Å². The van der Waals surface area contributed by atoms with E-state index in [-0.39, 0.29) is 17.3 Å². The Morgan fingerprint density at radius 2 is 1.66 bits per heavy atom. The molecule has 1 aliphatic heterocycles. The van der Waals surface area contributed by atoms with Crippen molar-refractivity contribution in [1.29, 1.82) is 0 Å². The number of nitrogens with zero attached hydrogens (tertiary/aromatic N) is 2. The molecule has 5 nitrogen and oxygen atoms in total. The Bertz CT molecular complexity index is 808. The van der Waals surface area contributed by atoms with Gasteiger partial charge in [-0.3, -0.25) is 4.90 Å². The van der Waals surface area contributed by atoms with Crippen LogP contribution in [0, 0.1) is 5.82 Å². The zero-order valence-electron chi connectivity index (χ0n) is 17.5. The lowest BCUT2D eigenvalue weighted by Gasteiger charge is -2.36. The quantitative estimate of drug-likeness (QED) is 0.798. The minimum absolute atomic E-state index is 0.0943. The summed E-state index contributed by atoms with van der Waals surface area (Å²) in [6.07, 6.45) is 0. The molecule has 0 bridgehead atoms. The average molecular weight is 399 g/mol. The predicted octanol–water partition coefficient (Wildman–Crippen LogP) is 4.07. The second kappa shape index (κ2) is 9.27. The summed E-state index contributed by atoms with van der Waals surface area (Å²) in [6, 6.07) is 14.7. The molecule has 0 spiro atoms. The number of nitrogens with one attached hydrogen (secondary N) is 2. The van der Waals surface area contributed by atoms with Crippen LogP contribution in [0.25, 0.3) is 0 Å². The molecule has 2 aromatic rings. The van der Waals surface area contributed by atoms with Crippen LogP contribution in [0.4, 0.5) is 20.6 Å². The summed E-state index contributed by atoms with van der Waals surface area (Å²) in [5.41, 5.74) is 2.78. The van der Waals surface area contributed by atoms with E-state index in [1.807, 2.05) is 36.4 Å². The first-order valence-corrected chi connectivity index (χ1v) is 10.2. The molecule has 2 aromatic carbocycles. The van der Waals surface area contributed by atoms with Gasteiger partial charge in [0.1, 0.15) is 5.82 Å². The molecule has 6 heteroatoms. The number of carbonyl (C=O) groups is 1. The van der Waals surface area contributed by atoms with E-state index in [1.54, 1.807) is 6.07 Å². The topological polar surface area (TPSA) is 47.6 Å². The molecule has 1 saturated heterocycles. The first-order chi connectivity index (χ1) is 13.8. The van der Waals surface area contributed by atoms with Crippen LogP contribution in [-0.4, -0.2) is 50.2 Å². The van der Waals surface area contributed by atoms with Crippen molar-refractivity contribution in [3.8, 4) is 0 Å². The Balaban J connectivity index is 1.37. The number of hydrogen-bond donors (Lipinski definition) is 2. The summed E-state index contributed by atoms with van der Waals surface area (Å²) in [4.78, 5) is 16.5.